The van der Waals surface area contributed by atoms with E-state index in [-0.39, 0.29) is 11.8 Å². The van der Waals surface area contributed by atoms with Gasteiger partial charge in [0.2, 0.25) is 0 Å². The maximum Gasteiger partial charge on any atom is 0.109 e. The Labute approximate surface area is 60.9 Å². The summed E-state index contributed by atoms with van der Waals surface area (Å²) in [7, 11) is 1.34. The van der Waals surface area contributed by atoms with Crippen molar-refractivity contribution < 1.29 is 15.2 Å². The topological polar surface area (TPSA) is 57.0 Å². The van der Waals surface area contributed by atoms with E-state index in [1.54, 1.807) is 13.8 Å². The summed E-state index contributed by atoms with van der Waals surface area (Å²) in [5.74, 6) is 0. The van der Waals surface area contributed by atoms with E-state index in [2.05, 4.69) is 4.84 Å². The lowest BCUT2D eigenvalue weighted by molar-refractivity contribution is -1.05. The molecule has 0 aliphatic rings. The third kappa shape index (κ3) is 5.97. The van der Waals surface area contributed by atoms with Gasteiger partial charge in [-0.05, 0) is 13.8 Å². The molecular formula is C6H15NO3. The van der Waals surface area contributed by atoms with E-state index in [0.717, 1.165) is 0 Å². The van der Waals surface area contributed by atoms with Gasteiger partial charge < -0.3 is 10.3 Å². The van der Waals surface area contributed by atoms with Crippen molar-refractivity contribution in [2.45, 2.75) is 25.9 Å². The third-order valence-corrected chi connectivity index (χ3v) is 1.17. The average molecular weight is 149 g/mol. The third-order valence-electron chi connectivity index (χ3n) is 1.17. The predicted molar refractivity (Wildman–Crippen MR) is 37.1 cm³/mol. The summed E-state index contributed by atoms with van der Waals surface area (Å²) in [6.07, 6.45) is 0.444. The van der Waals surface area contributed by atoms with Gasteiger partial charge in [-0.1, -0.05) is 0 Å². The fourth-order valence-corrected chi connectivity index (χ4v) is 0.510. The molecule has 62 valence electrons. The van der Waals surface area contributed by atoms with Gasteiger partial charge in [0.15, 0.2) is 0 Å². The molecule has 4 nitrogen and oxygen atoms in total. The molecule has 1 unspecified atom stereocenters. The number of aliphatic hydroxyl groups is 1. The minimum Gasteiger partial charge on any atom is -0.600 e. The molecule has 0 saturated carbocycles. The number of nitrogens with one attached hydrogen (secondary N) is 1. The minimum atomic E-state index is -0.770. The van der Waals surface area contributed by atoms with E-state index >= 15 is 0 Å². The molecule has 0 spiro atoms. The molecule has 0 aromatic rings. The first kappa shape index (κ1) is 9.84. The molecule has 10 heavy (non-hydrogen) atoms. The van der Waals surface area contributed by atoms with Crippen LogP contribution in [0.4, 0.5) is 0 Å². The second-order valence-corrected chi connectivity index (χ2v) is 2.89. The highest BCUT2D eigenvalue weighted by molar-refractivity contribution is 4.62. The van der Waals surface area contributed by atoms with Crippen molar-refractivity contribution in [1.29, 1.82) is 0 Å². The standard InChI is InChI=1S/C6H15NO3/c1-6(2,8)4-5-7(9)10-3/h7-8H,4-5H2,1-3H3. The summed E-state index contributed by atoms with van der Waals surface area (Å²) in [6, 6.07) is 0. The van der Waals surface area contributed by atoms with Crippen LogP contribution >= 0.6 is 0 Å². The number of hydroxylamine groups is 2. The minimum absolute atomic E-state index is 0.276. The Hall–Kier alpha value is -0.160. The highest BCUT2D eigenvalue weighted by atomic mass is 16.9. The second-order valence-electron chi connectivity index (χ2n) is 2.89. The highest BCUT2D eigenvalue weighted by Gasteiger charge is 2.13. The first-order valence-corrected chi connectivity index (χ1v) is 3.25. The van der Waals surface area contributed by atoms with Crippen LogP contribution in [0.15, 0.2) is 0 Å². The molecule has 4 heteroatoms. The van der Waals surface area contributed by atoms with Crippen molar-refractivity contribution in [3.05, 3.63) is 5.21 Å². The van der Waals surface area contributed by atoms with Crippen LogP contribution in [0.1, 0.15) is 20.3 Å². The van der Waals surface area contributed by atoms with Gasteiger partial charge in [-0.25, -0.2) is 10.1 Å². The van der Waals surface area contributed by atoms with Crippen LogP contribution in [0.2, 0.25) is 0 Å². The number of hydrogen-bond acceptors (Lipinski definition) is 3. The van der Waals surface area contributed by atoms with Crippen LogP contribution in [0.5, 0.6) is 0 Å². The zero-order valence-corrected chi connectivity index (χ0v) is 6.68. The smallest absolute Gasteiger partial charge is 0.109 e. The summed E-state index contributed by atoms with van der Waals surface area (Å²) in [6.45, 7) is 3.60. The zero-order chi connectivity index (χ0) is 8.20. The maximum absolute atomic E-state index is 10.5. The van der Waals surface area contributed by atoms with Crippen LogP contribution in [-0.4, -0.2) is 24.4 Å². The lowest BCUT2D eigenvalue weighted by Crippen LogP contribution is -3.06. The van der Waals surface area contributed by atoms with Gasteiger partial charge in [0, 0.05) is 6.42 Å². The summed E-state index contributed by atoms with van der Waals surface area (Å²) in [5, 5.41) is 19.4. The molecule has 0 aromatic heterocycles. The molecule has 2 N–H and O–H groups in total. The van der Waals surface area contributed by atoms with E-state index in [1.807, 2.05) is 0 Å². The summed E-state index contributed by atoms with van der Waals surface area (Å²) < 4.78 is 0. The number of rotatable bonds is 4. The monoisotopic (exact) mass is 149 g/mol. The zero-order valence-electron chi connectivity index (χ0n) is 6.68. The first-order chi connectivity index (χ1) is 4.45. The van der Waals surface area contributed by atoms with E-state index in [9.17, 15) is 5.21 Å². The molecular weight excluding hydrogens is 134 g/mol. The first-order valence-electron chi connectivity index (χ1n) is 3.25. The SMILES string of the molecule is CO[NH+]([O-])CCC(C)(C)O. The summed E-state index contributed by atoms with van der Waals surface area (Å²) in [5.41, 5.74) is -0.770. The Morgan fingerprint density at radius 2 is 2.10 bits per heavy atom. The molecule has 0 fully saturated rings. The molecule has 0 amide bonds. The van der Waals surface area contributed by atoms with Crippen molar-refractivity contribution in [3.63, 3.8) is 0 Å². The maximum atomic E-state index is 10.5. The Morgan fingerprint density at radius 1 is 1.60 bits per heavy atom. The fourth-order valence-electron chi connectivity index (χ4n) is 0.510. The Balaban J connectivity index is 3.36. The Kier molecular flexibility index (Phi) is 3.81. The van der Waals surface area contributed by atoms with Crippen LogP contribution in [0.25, 0.3) is 0 Å². The van der Waals surface area contributed by atoms with Crippen LogP contribution in [-0.2, 0) is 4.84 Å². The molecule has 0 bridgehead atoms. The quantitative estimate of drug-likeness (QED) is 0.509. The van der Waals surface area contributed by atoms with E-state index in [0.29, 0.717) is 6.42 Å². The lowest BCUT2D eigenvalue weighted by Gasteiger charge is -2.22. The lowest BCUT2D eigenvalue weighted by atomic mass is 10.1. The van der Waals surface area contributed by atoms with Gasteiger partial charge in [0.25, 0.3) is 0 Å². The summed E-state index contributed by atoms with van der Waals surface area (Å²) in [4.78, 5) is 4.40. The van der Waals surface area contributed by atoms with E-state index in [4.69, 9.17) is 5.11 Å². The van der Waals surface area contributed by atoms with Gasteiger partial charge in [0.1, 0.15) is 6.54 Å². The molecule has 0 heterocycles. The largest absolute Gasteiger partial charge is 0.600 e. The molecule has 1 atom stereocenters. The molecule has 0 aromatic carbocycles. The van der Waals surface area contributed by atoms with Gasteiger partial charge in [-0.15, -0.1) is 0 Å². The highest BCUT2D eigenvalue weighted by Crippen LogP contribution is 2.03. The van der Waals surface area contributed by atoms with Crippen LogP contribution in [0, 0.1) is 5.21 Å². The van der Waals surface area contributed by atoms with Crippen LogP contribution < -0.4 is 5.23 Å². The van der Waals surface area contributed by atoms with Gasteiger partial charge >= 0.3 is 0 Å². The normalized spacial score (nSPS) is 15.3. The van der Waals surface area contributed by atoms with Gasteiger partial charge in [-0.2, -0.15) is 0 Å². The van der Waals surface area contributed by atoms with Gasteiger partial charge in [-0.3, -0.25) is 0 Å². The summed E-state index contributed by atoms with van der Waals surface area (Å²) >= 11 is 0. The number of hydrogen-bond donors (Lipinski definition) is 2. The molecule has 0 radical (unpaired) electrons. The van der Waals surface area contributed by atoms with Crippen molar-refractivity contribution in [2.24, 2.45) is 0 Å². The Bertz CT molecular complexity index is 89.5. The van der Waals surface area contributed by atoms with Crippen molar-refractivity contribution in [2.75, 3.05) is 13.7 Å². The molecule has 0 rings (SSSR count). The Morgan fingerprint density at radius 3 is 2.40 bits per heavy atom. The fraction of sp³-hybridized carbons (Fsp3) is 1.00. The predicted octanol–water partition coefficient (Wildman–Crippen LogP) is -0.908. The van der Waals surface area contributed by atoms with Gasteiger partial charge in [0.05, 0.1) is 12.7 Å². The number of quaternary nitrogens is 1. The van der Waals surface area contributed by atoms with Crippen molar-refractivity contribution in [3.8, 4) is 0 Å². The van der Waals surface area contributed by atoms with Crippen molar-refractivity contribution >= 4 is 0 Å². The molecule has 0 aliphatic carbocycles. The second kappa shape index (κ2) is 3.88. The van der Waals surface area contributed by atoms with Crippen molar-refractivity contribution in [1.82, 2.24) is 0 Å². The van der Waals surface area contributed by atoms with E-state index in [1.165, 1.54) is 7.11 Å². The molecule has 0 saturated heterocycles. The average Bonchev–Trinajstić information content (AvgIpc) is 1.81. The van der Waals surface area contributed by atoms with E-state index < -0.39 is 5.60 Å². The molecule has 0 aliphatic heterocycles. The van der Waals surface area contributed by atoms with Crippen LogP contribution in [0.3, 0.4) is 0 Å².